The van der Waals surface area contributed by atoms with Crippen molar-refractivity contribution in [1.29, 1.82) is 0 Å². The second-order valence-electron chi connectivity index (χ2n) is 4.71. The molecule has 0 saturated carbocycles. The van der Waals surface area contributed by atoms with Crippen LogP contribution in [-0.2, 0) is 0 Å². The fourth-order valence-electron chi connectivity index (χ4n) is 2.37. The summed E-state index contributed by atoms with van der Waals surface area (Å²) in [5.74, 6) is -0.627. The van der Waals surface area contributed by atoms with Crippen molar-refractivity contribution in [2.45, 2.75) is 25.8 Å². The number of hydrogen-bond acceptors (Lipinski definition) is 4. The molecule has 1 aromatic rings. The van der Waals surface area contributed by atoms with E-state index >= 15 is 0 Å². The first-order chi connectivity index (χ1) is 9.10. The number of carbonyl (C=O) groups is 1. The number of anilines is 1. The molecule has 1 unspecified atom stereocenters. The highest BCUT2D eigenvalue weighted by Crippen LogP contribution is 2.20. The quantitative estimate of drug-likeness (QED) is 0.830. The average Bonchev–Trinajstić information content (AvgIpc) is 2.38. The number of pyridine rings is 1. The zero-order valence-electron chi connectivity index (χ0n) is 10.9. The van der Waals surface area contributed by atoms with Crippen LogP contribution in [0, 0.1) is 0 Å². The van der Waals surface area contributed by atoms with E-state index in [2.05, 4.69) is 22.1 Å². The van der Waals surface area contributed by atoms with E-state index in [1.165, 1.54) is 12.1 Å². The summed E-state index contributed by atoms with van der Waals surface area (Å²) in [5, 5.41) is 12.7. The molecule has 5 nitrogen and oxygen atoms in total. The summed E-state index contributed by atoms with van der Waals surface area (Å²) in [7, 11) is 0. The number of nitrogens with zero attached hydrogens (tertiary/aromatic N) is 2. The second-order valence-corrected chi connectivity index (χ2v) is 5.10. The van der Waals surface area contributed by atoms with E-state index in [0.717, 1.165) is 32.5 Å². The number of hydrogen-bond donors (Lipinski definition) is 2. The number of likely N-dealkylation sites (N-methyl/N-ethyl adjacent to an activating group) is 1. The summed E-state index contributed by atoms with van der Waals surface area (Å²) >= 11 is 5.84. The van der Waals surface area contributed by atoms with Crippen molar-refractivity contribution in [3.63, 3.8) is 0 Å². The van der Waals surface area contributed by atoms with Gasteiger partial charge in [0.2, 0.25) is 0 Å². The van der Waals surface area contributed by atoms with Crippen molar-refractivity contribution in [3.05, 3.63) is 22.8 Å². The highest BCUT2D eigenvalue weighted by Gasteiger charge is 2.21. The van der Waals surface area contributed by atoms with Crippen LogP contribution in [0.4, 0.5) is 5.82 Å². The van der Waals surface area contributed by atoms with Gasteiger partial charge in [-0.3, -0.25) is 0 Å². The smallest absolute Gasteiger partial charge is 0.339 e. The van der Waals surface area contributed by atoms with E-state index in [1.54, 1.807) is 0 Å². The fraction of sp³-hybridized carbons (Fsp3) is 0.538. The molecule has 0 aliphatic carbocycles. The molecule has 0 bridgehead atoms. The Morgan fingerprint density at radius 1 is 1.63 bits per heavy atom. The molecule has 6 heteroatoms. The van der Waals surface area contributed by atoms with Crippen LogP contribution >= 0.6 is 11.6 Å². The molecule has 2 rings (SSSR count). The molecule has 1 aliphatic rings. The molecule has 1 aliphatic heterocycles. The van der Waals surface area contributed by atoms with Gasteiger partial charge in [-0.1, -0.05) is 18.5 Å². The van der Waals surface area contributed by atoms with Gasteiger partial charge in [0.1, 0.15) is 16.5 Å². The zero-order chi connectivity index (χ0) is 13.8. The van der Waals surface area contributed by atoms with Crippen molar-refractivity contribution in [2.75, 3.05) is 25.0 Å². The second kappa shape index (κ2) is 6.21. The van der Waals surface area contributed by atoms with Crippen LogP contribution in [-0.4, -0.2) is 46.6 Å². The lowest BCUT2D eigenvalue weighted by atomic mass is 10.1. The third-order valence-electron chi connectivity index (χ3n) is 3.39. The molecule has 0 amide bonds. The Labute approximate surface area is 117 Å². The largest absolute Gasteiger partial charge is 0.478 e. The molecule has 0 spiro atoms. The number of carboxylic acids is 1. The number of aromatic carboxylic acids is 1. The van der Waals surface area contributed by atoms with Gasteiger partial charge in [0.05, 0.1) is 0 Å². The molecule has 1 saturated heterocycles. The van der Waals surface area contributed by atoms with Crippen molar-refractivity contribution >= 4 is 23.4 Å². The summed E-state index contributed by atoms with van der Waals surface area (Å²) in [5.41, 5.74) is 0.165. The summed E-state index contributed by atoms with van der Waals surface area (Å²) in [6, 6.07) is 3.20. The Morgan fingerprint density at radius 3 is 3.11 bits per heavy atom. The van der Waals surface area contributed by atoms with Crippen LogP contribution in [0.1, 0.15) is 30.1 Å². The minimum atomic E-state index is -0.991. The highest BCUT2D eigenvalue weighted by molar-refractivity contribution is 6.29. The Morgan fingerprint density at radius 2 is 2.42 bits per heavy atom. The predicted octanol–water partition coefficient (Wildman–Crippen LogP) is 2.33. The van der Waals surface area contributed by atoms with Crippen LogP contribution in [0.5, 0.6) is 0 Å². The standard InChI is InChI=1S/C13H18ClN3O2/c1-2-17-7-3-4-9(8-17)15-12-10(13(18)19)5-6-11(14)16-12/h5-6,9H,2-4,7-8H2,1H3,(H,15,16)(H,18,19). The van der Waals surface area contributed by atoms with Crippen molar-refractivity contribution in [1.82, 2.24) is 9.88 Å². The minimum Gasteiger partial charge on any atom is -0.478 e. The molecule has 104 valence electrons. The van der Waals surface area contributed by atoms with Gasteiger partial charge in [0.25, 0.3) is 0 Å². The van der Waals surface area contributed by atoms with Crippen LogP contribution in [0.25, 0.3) is 0 Å². The van der Waals surface area contributed by atoms with E-state index in [0.29, 0.717) is 11.0 Å². The third kappa shape index (κ3) is 3.58. The predicted molar refractivity (Wildman–Crippen MR) is 75.0 cm³/mol. The van der Waals surface area contributed by atoms with E-state index in [1.807, 2.05) is 0 Å². The normalized spacial score (nSPS) is 20.2. The topological polar surface area (TPSA) is 65.5 Å². The van der Waals surface area contributed by atoms with Crippen molar-refractivity contribution in [3.8, 4) is 0 Å². The number of aromatic nitrogens is 1. The van der Waals surface area contributed by atoms with E-state index in [4.69, 9.17) is 16.7 Å². The Balaban J connectivity index is 2.13. The van der Waals surface area contributed by atoms with Crippen LogP contribution in [0.15, 0.2) is 12.1 Å². The Hall–Kier alpha value is -1.33. The molecule has 1 fully saturated rings. The molecule has 2 heterocycles. The maximum atomic E-state index is 11.2. The molecule has 19 heavy (non-hydrogen) atoms. The lowest BCUT2D eigenvalue weighted by Gasteiger charge is -2.32. The monoisotopic (exact) mass is 283 g/mol. The van der Waals surface area contributed by atoms with Gasteiger partial charge in [-0.2, -0.15) is 0 Å². The molecule has 2 N–H and O–H groups in total. The number of nitrogens with one attached hydrogen (secondary N) is 1. The van der Waals surface area contributed by atoms with Gasteiger partial charge in [0.15, 0.2) is 0 Å². The van der Waals surface area contributed by atoms with Gasteiger partial charge in [0, 0.05) is 12.6 Å². The molecular weight excluding hydrogens is 266 g/mol. The van der Waals surface area contributed by atoms with Crippen LogP contribution in [0.2, 0.25) is 5.15 Å². The third-order valence-corrected chi connectivity index (χ3v) is 3.60. The number of rotatable bonds is 4. The zero-order valence-corrected chi connectivity index (χ0v) is 11.7. The molecular formula is C13H18ClN3O2. The molecule has 1 aromatic heterocycles. The van der Waals surface area contributed by atoms with E-state index in [9.17, 15) is 4.79 Å². The summed E-state index contributed by atoms with van der Waals surface area (Å²) in [6.45, 7) is 5.14. The first-order valence-corrected chi connectivity index (χ1v) is 6.86. The van der Waals surface area contributed by atoms with E-state index < -0.39 is 5.97 Å². The number of likely N-dealkylation sites (tertiary alicyclic amines) is 1. The first kappa shape index (κ1) is 14.1. The van der Waals surface area contributed by atoms with Crippen LogP contribution in [0.3, 0.4) is 0 Å². The first-order valence-electron chi connectivity index (χ1n) is 6.49. The Bertz CT molecular complexity index is 467. The summed E-state index contributed by atoms with van der Waals surface area (Å²) in [6.07, 6.45) is 2.12. The minimum absolute atomic E-state index is 0.165. The van der Waals surface area contributed by atoms with E-state index in [-0.39, 0.29) is 11.6 Å². The van der Waals surface area contributed by atoms with Gasteiger partial charge < -0.3 is 15.3 Å². The Kier molecular flexibility index (Phi) is 4.61. The highest BCUT2D eigenvalue weighted by atomic mass is 35.5. The van der Waals surface area contributed by atoms with Gasteiger partial charge in [-0.15, -0.1) is 0 Å². The van der Waals surface area contributed by atoms with Gasteiger partial charge >= 0.3 is 5.97 Å². The average molecular weight is 284 g/mol. The summed E-state index contributed by atoms with van der Waals surface area (Å²) in [4.78, 5) is 17.6. The van der Waals surface area contributed by atoms with Gasteiger partial charge in [-0.25, -0.2) is 9.78 Å². The van der Waals surface area contributed by atoms with Crippen LogP contribution < -0.4 is 5.32 Å². The number of piperidine rings is 1. The van der Waals surface area contributed by atoms with Gasteiger partial charge in [-0.05, 0) is 38.1 Å². The van der Waals surface area contributed by atoms with Crippen molar-refractivity contribution in [2.24, 2.45) is 0 Å². The lowest BCUT2D eigenvalue weighted by Crippen LogP contribution is -2.42. The summed E-state index contributed by atoms with van der Waals surface area (Å²) < 4.78 is 0. The SMILES string of the molecule is CCN1CCCC(Nc2nc(Cl)ccc2C(=O)O)C1. The molecule has 0 radical (unpaired) electrons. The maximum Gasteiger partial charge on any atom is 0.339 e. The molecule has 0 aromatic carbocycles. The molecule has 1 atom stereocenters. The fourth-order valence-corrected chi connectivity index (χ4v) is 2.52. The lowest BCUT2D eigenvalue weighted by molar-refractivity contribution is 0.0697. The number of carboxylic acid groups (broad SMARTS) is 1. The number of halogens is 1. The maximum absolute atomic E-state index is 11.2. The van der Waals surface area contributed by atoms with Crippen molar-refractivity contribution < 1.29 is 9.90 Å².